The average molecular weight is 364 g/mol. The van der Waals surface area contributed by atoms with Gasteiger partial charge in [-0.3, -0.25) is 0 Å². The van der Waals surface area contributed by atoms with E-state index >= 15 is 0 Å². The second-order valence-corrected chi connectivity index (χ2v) is 6.74. The minimum atomic E-state index is 0.515. The van der Waals surface area contributed by atoms with Crippen molar-refractivity contribution in [3.05, 3.63) is 54.5 Å². The summed E-state index contributed by atoms with van der Waals surface area (Å²) < 4.78 is 7.67. The van der Waals surface area contributed by atoms with Gasteiger partial charge in [0.05, 0.1) is 12.8 Å². The zero-order chi connectivity index (χ0) is 18.5. The summed E-state index contributed by atoms with van der Waals surface area (Å²) in [6.45, 7) is 3.28. The van der Waals surface area contributed by atoms with Crippen molar-refractivity contribution in [1.29, 1.82) is 0 Å². The number of nitrogens with zero attached hydrogens (tertiary/aromatic N) is 4. The molecule has 1 aliphatic heterocycles. The van der Waals surface area contributed by atoms with Crippen molar-refractivity contribution in [3.8, 4) is 23.0 Å². The largest absolute Gasteiger partial charge is 0.476 e. The molecule has 27 heavy (non-hydrogen) atoms. The van der Waals surface area contributed by atoms with Crippen LogP contribution in [-0.4, -0.2) is 39.4 Å². The van der Waals surface area contributed by atoms with E-state index in [0.29, 0.717) is 30.8 Å². The van der Waals surface area contributed by atoms with Crippen LogP contribution in [0.25, 0.3) is 17.1 Å². The van der Waals surface area contributed by atoms with Gasteiger partial charge in [0.25, 0.3) is 0 Å². The van der Waals surface area contributed by atoms with Crippen molar-refractivity contribution in [1.82, 2.24) is 25.1 Å². The first-order valence-electron chi connectivity index (χ1n) is 9.33. The highest BCUT2D eigenvalue weighted by Gasteiger charge is 2.16. The van der Waals surface area contributed by atoms with Crippen molar-refractivity contribution >= 4 is 0 Å². The van der Waals surface area contributed by atoms with Crippen molar-refractivity contribution in [2.75, 3.05) is 19.7 Å². The molecular formula is C20H24N6O. The van der Waals surface area contributed by atoms with Gasteiger partial charge in [0.15, 0.2) is 5.82 Å². The fourth-order valence-corrected chi connectivity index (χ4v) is 3.24. The minimum Gasteiger partial charge on any atom is -0.476 e. The smallest absolute Gasteiger partial charge is 0.234 e. The Bertz CT molecular complexity index is 857. The second kappa shape index (κ2) is 8.28. The molecule has 4 rings (SSSR count). The van der Waals surface area contributed by atoms with Crippen LogP contribution in [0.15, 0.2) is 48.9 Å². The monoisotopic (exact) mass is 364 g/mol. The number of aromatic nitrogens is 4. The molecule has 1 fully saturated rings. The molecule has 1 saturated heterocycles. The predicted octanol–water partition coefficient (Wildman–Crippen LogP) is 2.17. The predicted molar refractivity (Wildman–Crippen MR) is 104 cm³/mol. The number of hydrogen-bond acceptors (Lipinski definition) is 6. The topological polar surface area (TPSA) is 90.9 Å². The molecule has 1 aromatic carbocycles. The van der Waals surface area contributed by atoms with Crippen LogP contribution in [0.1, 0.15) is 18.4 Å². The van der Waals surface area contributed by atoms with E-state index < -0.39 is 0 Å². The quantitative estimate of drug-likeness (QED) is 0.697. The Balaban J connectivity index is 1.61. The summed E-state index contributed by atoms with van der Waals surface area (Å²) in [6.07, 6.45) is 7.54. The van der Waals surface area contributed by atoms with Crippen LogP contribution >= 0.6 is 0 Å². The van der Waals surface area contributed by atoms with E-state index in [9.17, 15) is 0 Å². The molecule has 0 bridgehead atoms. The first-order chi connectivity index (χ1) is 13.3. The fourth-order valence-electron chi connectivity index (χ4n) is 3.24. The van der Waals surface area contributed by atoms with E-state index in [1.807, 2.05) is 36.5 Å². The van der Waals surface area contributed by atoms with Gasteiger partial charge < -0.3 is 15.8 Å². The summed E-state index contributed by atoms with van der Waals surface area (Å²) in [7, 11) is 0. The lowest BCUT2D eigenvalue weighted by Crippen LogP contribution is -2.30. The van der Waals surface area contributed by atoms with Gasteiger partial charge >= 0.3 is 0 Å². The van der Waals surface area contributed by atoms with Gasteiger partial charge in [0, 0.05) is 24.5 Å². The van der Waals surface area contributed by atoms with E-state index in [-0.39, 0.29) is 0 Å². The Hall–Kier alpha value is -2.77. The lowest BCUT2D eigenvalue weighted by Gasteiger charge is -2.22. The fraction of sp³-hybridized carbons (Fsp3) is 0.350. The maximum Gasteiger partial charge on any atom is 0.234 e. The second-order valence-electron chi connectivity index (χ2n) is 6.74. The van der Waals surface area contributed by atoms with E-state index in [2.05, 4.69) is 15.4 Å². The van der Waals surface area contributed by atoms with Crippen LogP contribution in [0.3, 0.4) is 0 Å². The normalized spacial score (nSPS) is 15.0. The number of rotatable bonds is 6. The van der Waals surface area contributed by atoms with Crippen LogP contribution < -0.4 is 15.8 Å². The van der Waals surface area contributed by atoms with E-state index in [4.69, 9.17) is 15.5 Å². The highest BCUT2D eigenvalue weighted by Crippen LogP contribution is 2.25. The third-order valence-electron chi connectivity index (χ3n) is 4.84. The first-order valence-corrected chi connectivity index (χ1v) is 9.33. The van der Waals surface area contributed by atoms with Crippen LogP contribution in [0, 0.1) is 5.92 Å². The summed E-state index contributed by atoms with van der Waals surface area (Å²) in [5.41, 5.74) is 8.50. The summed E-state index contributed by atoms with van der Waals surface area (Å²) in [4.78, 5) is 9.33. The van der Waals surface area contributed by atoms with Gasteiger partial charge in [-0.2, -0.15) is 10.1 Å². The Morgan fingerprint density at radius 3 is 2.70 bits per heavy atom. The van der Waals surface area contributed by atoms with Crippen LogP contribution in [0.5, 0.6) is 5.88 Å². The molecule has 0 amide bonds. The van der Waals surface area contributed by atoms with Gasteiger partial charge in [-0.1, -0.05) is 24.3 Å². The van der Waals surface area contributed by atoms with Crippen molar-refractivity contribution in [2.45, 2.75) is 19.4 Å². The maximum atomic E-state index is 5.95. The highest BCUT2D eigenvalue weighted by atomic mass is 16.5. The van der Waals surface area contributed by atoms with Gasteiger partial charge in [0.1, 0.15) is 5.69 Å². The van der Waals surface area contributed by atoms with Gasteiger partial charge in [-0.05, 0) is 43.5 Å². The van der Waals surface area contributed by atoms with E-state index in [1.165, 1.54) is 0 Å². The third-order valence-corrected chi connectivity index (χ3v) is 4.84. The first kappa shape index (κ1) is 17.6. The maximum absolute atomic E-state index is 5.95. The molecule has 0 saturated carbocycles. The van der Waals surface area contributed by atoms with Crippen molar-refractivity contribution < 1.29 is 4.74 Å². The van der Waals surface area contributed by atoms with Crippen molar-refractivity contribution in [2.24, 2.45) is 11.7 Å². The Labute approximate surface area is 158 Å². The van der Waals surface area contributed by atoms with E-state index in [0.717, 1.165) is 42.8 Å². The Morgan fingerprint density at radius 1 is 1.19 bits per heavy atom. The molecule has 2 aromatic heterocycles. The molecule has 7 heteroatoms. The van der Waals surface area contributed by atoms with Crippen LogP contribution in [0.4, 0.5) is 0 Å². The molecule has 1 aliphatic rings. The standard InChI is InChI=1S/C20H24N6O/c21-12-15-2-4-17(5-3-15)19-20(26-11-1-8-24-26)25-18(13-23-19)27-14-16-6-9-22-10-7-16/h1-5,8,11,13,16,22H,6-7,9-10,12,14,21H2. The Kier molecular flexibility index (Phi) is 5.41. The van der Waals surface area contributed by atoms with Gasteiger partial charge in [-0.15, -0.1) is 0 Å². The number of nitrogens with one attached hydrogen (secondary N) is 1. The SMILES string of the molecule is NCc1ccc(-c2ncc(OCC3CCNCC3)nc2-n2cccn2)cc1. The zero-order valence-electron chi connectivity index (χ0n) is 15.2. The van der Waals surface area contributed by atoms with Crippen LogP contribution in [0.2, 0.25) is 0 Å². The Morgan fingerprint density at radius 2 is 2.00 bits per heavy atom. The van der Waals surface area contributed by atoms with Crippen LogP contribution in [-0.2, 0) is 6.54 Å². The average Bonchev–Trinajstić information content (AvgIpc) is 3.28. The number of benzene rings is 1. The zero-order valence-corrected chi connectivity index (χ0v) is 15.2. The lowest BCUT2D eigenvalue weighted by atomic mass is 9.99. The summed E-state index contributed by atoms with van der Waals surface area (Å²) in [5.74, 6) is 1.74. The molecule has 3 heterocycles. The molecule has 0 atom stereocenters. The molecule has 0 radical (unpaired) electrons. The lowest BCUT2D eigenvalue weighted by molar-refractivity contribution is 0.208. The molecule has 0 spiro atoms. The number of hydrogen-bond donors (Lipinski definition) is 2. The minimum absolute atomic E-state index is 0.515. The summed E-state index contributed by atoms with van der Waals surface area (Å²) >= 11 is 0. The number of piperidine rings is 1. The highest BCUT2D eigenvalue weighted by molar-refractivity contribution is 5.67. The van der Waals surface area contributed by atoms with Gasteiger partial charge in [0.2, 0.25) is 5.88 Å². The molecule has 0 unspecified atom stereocenters. The number of ether oxygens (including phenoxy) is 1. The van der Waals surface area contributed by atoms with E-state index in [1.54, 1.807) is 17.1 Å². The molecule has 140 valence electrons. The summed E-state index contributed by atoms with van der Waals surface area (Å²) in [5, 5.41) is 7.70. The third kappa shape index (κ3) is 4.15. The summed E-state index contributed by atoms with van der Waals surface area (Å²) in [6, 6.07) is 9.89. The molecule has 7 nitrogen and oxygen atoms in total. The molecular weight excluding hydrogens is 340 g/mol. The number of nitrogens with two attached hydrogens (primary N) is 1. The molecule has 0 aliphatic carbocycles. The molecule has 3 N–H and O–H groups in total. The van der Waals surface area contributed by atoms with Crippen molar-refractivity contribution in [3.63, 3.8) is 0 Å². The molecule has 3 aromatic rings. The van der Waals surface area contributed by atoms with Gasteiger partial charge in [-0.25, -0.2) is 9.67 Å².